The van der Waals surface area contributed by atoms with E-state index < -0.39 is 16.7 Å². The first-order valence-corrected chi connectivity index (χ1v) is 11.4. The number of carbonyl (C=O) groups excluding carboxylic acids is 2. The summed E-state index contributed by atoms with van der Waals surface area (Å²) in [6, 6.07) is 15.8. The number of nitro benzene ring substituents is 1. The van der Waals surface area contributed by atoms with E-state index in [9.17, 15) is 19.7 Å². The van der Waals surface area contributed by atoms with Gasteiger partial charge in [-0.1, -0.05) is 31.9 Å². The Kier molecular flexibility index (Phi) is 8.19. The Morgan fingerprint density at radius 2 is 1.74 bits per heavy atom. The van der Waals surface area contributed by atoms with Crippen LogP contribution in [0.3, 0.4) is 0 Å². The van der Waals surface area contributed by atoms with Gasteiger partial charge in [-0.15, -0.1) is 0 Å². The first-order valence-electron chi connectivity index (χ1n) is 9.86. The third-order valence-electron chi connectivity index (χ3n) is 4.73. The highest BCUT2D eigenvalue weighted by Gasteiger charge is 2.19. The summed E-state index contributed by atoms with van der Waals surface area (Å²) in [4.78, 5) is 36.6. The number of nitro groups is 1. The summed E-state index contributed by atoms with van der Waals surface area (Å²) in [5, 5.41) is 16.3. The number of methoxy groups -OCH3 is 1. The average molecular weight is 589 g/mol. The second kappa shape index (κ2) is 11.1. The fourth-order valence-electron chi connectivity index (χ4n) is 2.99. The molecule has 3 aromatic rings. The van der Waals surface area contributed by atoms with Gasteiger partial charge in [0.2, 0.25) is 0 Å². The normalized spacial score (nSPS) is 11.0. The predicted octanol–water partition coefficient (Wildman–Crippen LogP) is 5.85. The molecule has 0 spiro atoms. The number of anilines is 1. The number of aryl methyl sites for hydroxylation is 1. The molecule has 0 saturated heterocycles. The summed E-state index contributed by atoms with van der Waals surface area (Å²) in [6.07, 6.45) is 1.44. The number of ether oxygens (including phenoxy) is 1. The van der Waals surface area contributed by atoms with Crippen molar-refractivity contribution in [1.29, 1.82) is 0 Å². The monoisotopic (exact) mass is 587 g/mol. The van der Waals surface area contributed by atoms with Crippen LogP contribution in [0.4, 0.5) is 11.4 Å². The van der Waals surface area contributed by atoms with Crippen molar-refractivity contribution >= 4 is 61.1 Å². The number of carbonyl (C=O) groups is 2. The van der Waals surface area contributed by atoms with Crippen molar-refractivity contribution in [3.05, 3.63) is 102 Å². The molecular weight excluding hydrogens is 570 g/mol. The lowest BCUT2D eigenvalue weighted by atomic mass is 10.1. The lowest BCUT2D eigenvalue weighted by molar-refractivity contribution is -0.384. The van der Waals surface area contributed by atoms with E-state index in [1.54, 1.807) is 36.4 Å². The lowest BCUT2D eigenvalue weighted by Crippen LogP contribution is -2.31. The minimum absolute atomic E-state index is 0.0542. The summed E-state index contributed by atoms with van der Waals surface area (Å²) in [6.45, 7) is 1.88. The number of amides is 2. The Labute approximate surface area is 212 Å². The second-order valence-corrected chi connectivity index (χ2v) is 8.89. The Bertz CT molecular complexity index is 1290. The number of nitrogens with zero attached hydrogens (tertiary/aromatic N) is 1. The van der Waals surface area contributed by atoms with Crippen LogP contribution in [0.1, 0.15) is 21.5 Å². The Morgan fingerprint density at radius 3 is 2.35 bits per heavy atom. The summed E-state index contributed by atoms with van der Waals surface area (Å²) < 4.78 is 6.82. The van der Waals surface area contributed by atoms with E-state index in [2.05, 4.69) is 42.5 Å². The number of benzene rings is 3. The van der Waals surface area contributed by atoms with Gasteiger partial charge in [0, 0.05) is 26.8 Å². The van der Waals surface area contributed by atoms with Gasteiger partial charge in [-0.3, -0.25) is 19.7 Å². The van der Waals surface area contributed by atoms with Crippen molar-refractivity contribution in [2.45, 2.75) is 6.92 Å². The number of hydrogen-bond acceptors (Lipinski definition) is 5. The van der Waals surface area contributed by atoms with Crippen LogP contribution in [0.5, 0.6) is 5.75 Å². The lowest BCUT2D eigenvalue weighted by Gasteiger charge is -2.14. The van der Waals surface area contributed by atoms with Crippen LogP contribution in [0.2, 0.25) is 0 Å². The number of nitrogens with one attached hydrogen (secondary N) is 2. The highest BCUT2D eigenvalue weighted by atomic mass is 79.9. The summed E-state index contributed by atoms with van der Waals surface area (Å²) in [5.41, 5.74) is 2.03. The molecule has 0 aromatic heterocycles. The maximum Gasteiger partial charge on any atom is 0.272 e. The van der Waals surface area contributed by atoms with Gasteiger partial charge in [0.1, 0.15) is 11.4 Å². The highest BCUT2D eigenvalue weighted by molar-refractivity contribution is 9.10. The summed E-state index contributed by atoms with van der Waals surface area (Å²) >= 11 is 6.75. The van der Waals surface area contributed by atoms with Crippen LogP contribution in [0.15, 0.2) is 75.3 Å². The van der Waals surface area contributed by atoms with E-state index in [4.69, 9.17) is 4.74 Å². The molecule has 0 atom stereocenters. The highest BCUT2D eigenvalue weighted by Crippen LogP contribution is 2.24. The van der Waals surface area contributed by atoms with Gasteiger partial charge in [0.15, 0.2) is 0 Å². The van der Waals surface area contributed by atoms with Gasteiger partial charge in [-0.05, 0) is 72.7 Å². The van der Waals surface area contributed by atoms with Crippen molar-refractivity contribution in [3.63, 3.8) is 0 Å². The third-order valence-corrected chi connectivity index (χ3v) is 6.11. The van der Waals surface area contributed by atoms with Gasteiger partial charge in [-0.25, -0.2) is 0 Å². The molecule has 0 fully saturated rings. The van der Waals surface area contributed by atoms with Gasteiger partial charge < -0.3 is 15.4 Å². The molecule has 0 bridgehead atoms. The van der Waals surface area contributed by atoms with Gasteiger partial charge in [0.25, 0.3) is 17.5 Å². The molecule has 3 rings (SSSR count). The van der Waals surface area contributed by atoms with E-state index >= 15 is 0 Å². The molecule has 0 saturated carbocycles. The molecule has 0 aliphatic heterocycles. The average Bonchev–Trinajstić information content (AvgIpc) is 2.81. The Balaban J connectivity index is 1.96. The largest absolute Gasteiger partial charge is 0.496 e. The van der Waals surface area contributed by atoms with Crippen molar-refractivity contribution in [1.82, 2.24) is 5.32 Å². The Hall–Kier alpha value is -3.50. The summed E-state index contributed by atoms with van der Waals surface area (Å²) in [7, 11) is 1.44. The number of halogens is 2. The minimum atomic E-state index is -0.567. The first kappa shape index (κ1) is 25.1. The maximum atomic E-state index is 13.1. The van der Waals surface area contributed by atoms with Gasteiger partial charge in [0.05, 0.1) is 17.6 Å². The molecule has 0 heterocycles. The molecule has 174 valence electrons. The van der Waals surface area contributed by atoms with E-state index in [1.807, 2.05) is 6.92 Å². The zero-order valence-corrected chi connectivity index (χ0v) is 21.3. The zero-order valence-electron chi connectivity index (χ0n) is 18.1. The van der Waals surface area contributed by atoms with Crippen LogP contribution in [0, 0.1) is 17.0 Å². The summed E-state index contributed by atoms with van der Waals surface area (Å²) in [5.74, 6) is -0.796. The molecule has 0 radical (unpaired) electrons. The fourth-order valence-corrected chi connectivity index (χ4v) is 3.59. The molecule has 0 aliphatic carbocycles. The maximum absolute atomic E-state index is 13.1. The minimum Gasteiger partial charge on any atom is -0.496 e. The molecule has 10 heteroatoms. The van der Waals surface area contributed by atoms with Crippen LogP contribution >= 0.6 is 31.9 Å². The van der Waals surface area contributed by atoms with Crippen LogP contribution in [-0.4, -0.2) is 23.8 Å². The van der Waals surface area contributed by atoms with E-state index in [0.717, 1.165) is 10.0 Å². The van der Waals surface area contributed by atoms with Crippen molar-refractivity contribution in [2.75, 3.05) is 12.4 Å². The molecule has 3 aromatic carbocycles. The number of hydrogen-bond donors (Lipinski definition) is 2. The standard InChI is InChI=1S/C24H19Br2N3O5/c1-14-11-17(6-9-20(14)26)27-24(31)21(12-15-3-7-18(8-4-15)29(32)33)28-23(30)19-13-16(25)5-10-22(19)34-2/h3-13H,1-2H3,(H,27,31)(H,28,30)/b21-12-. The Morgan fingerprint density at radius 1 is 1.03 bits per heavy atom. The third kappa shape index (κ3) is 6.30. The van der Waals surface area contributed by atoms with Crippen LogP contribution in [0.25, 0.3) is 6.08 Å². The smallest absolute Gasteiger partial charge is 0.272 e. The SMILES string of the molecule is COc1ccc(Br)cc1C(=O)N/C(=C\c1ccc([N+](=O)[O-])cc1)C(=O)Nc1ccc(Br)c(C)c1. The number of non-ortho nitro benzene ring substituents is 1. The van der Waals surface area contributed by atoms with E-state index in [-0.39, 0.29) is 16.9 Å². The quantitative estimate of drug-likeness (QED) is 0.204. The fraction of sp³-hybridized carbons (Fsp3) is 0.0833. The second-order valence-electron chi connectivity index (χ2n) is 7.12. The molecular formula is C24H19Br2N3O5. The van der Waals surface area contributed by atoms with Crippen LogP contribution in [-0.2, 0) is 4.79 Å². The molecule has 0 unspecified atom stereocenters. The molecule has 34 heavy (non-hydrogen) atoms. The molecule has 8 nitrogen and oxygen atoms in total. The van der Waals surface area contributed by atoms with E-state index in [1.165, 1.54) is 37.5 Å². The van der Waals surface area contributed by atoms with Gasteiger partial charge >= 0.3 is 0 Å². The zero-order chi connectivity index (χ0) is 24.8. The van der Waals surface area contributed by atoms with Gasteiger partial charge in [-0.2, -0.15) is 0 Å². The number of rotatable bonds is 7. The van der Waals surface area contributed by atoms with Crippen molar-refractivity contribution in [2.24, 2.45) is 0 Å². The van der Waals surface area contributed by atoms with Crippen LogP contribution < -0.4 is 15.4 Å². The van der Waals surface area contributed by atoms with Crippen molar-refractivity contribution in [3.8, 4) is 5.75 Å². The predicted molar refractivity (Wildman–Crippen MR) is 137 cm³/mol. The van der Waals surface area contributed by atoms with E-state index in [0.29, 0.717) is 21.5 Å². The van der Waals surface area contributed by atoms with Crippen molar-refractivity contribution < 1.29 is 19.2 Å². The molecule has 2 N–H and O–H groups in total. The topological polar surface area (TPSA) is 111 Å². The molecule has 0 aliphatic rings. The molecule has 2 amide bonds. The first-order chi connectivity index (χ1) is 16.2.